The fourth-order valence-corrected chi connectivity index (χ4v) is 3.07. The van der Waals surface area contributed by atoms with E-state index in [1.54, 1.807) is 0 Å². The minimum Gasteiger partial charge on any atom is -0.301 e. The van der Waals surface area contributed by atoms with Gasteiger partial charge in [-0.25, -0.2) is 0 Å². The molecule has 1 aliphatic heterocycles. The van der Waals surface area contributed by atoms with Crippen LogP contribution in [-0.4, -0.2) is 27.2 Å². The van der Waals surface area contributed by atoms with E-state index < -0.39 is 10.2 Å². The molecule has 1 saturated carbocycles. The summed E-state index contributed by atoms with van der Waals surface area (Å²) in [5, 5.41) is 3.09. The highest BCUT2D eigenvalue weighted by molar-refractivity contribution is 7.87. The van der Waals surface area contributed by atoms with Crippen LogP contribution in [0.25, 0.3) is 0 Å². The molecule has 1 aliphatic carbocycles. The molecule has 14 heavy (non-hydrogen) atoms. The summed E-state index contributed by atoms with van der Waals surface area (Å²) < 4.78 is 28.3. The molecule has 1 unspecified atom stereocenters. The molecule has 6 heteroatoms. The molecule has 2 aliphatic rings. The lowest BCUT2D eigenvalue weighted by atomic mass is 9.94. The van der Waals surface area contributed by atoms with Crippen LogP contribution in [0.2, 0.25) is 0 Å². The van der Waals surface area contributed by atoms with Crippen molar-refractivity contribution in [2.45, 2.75) is 44.3 Å². The summed E-state index contributed by atoms with van der Waals surface area (Å²) in [4.78, 5) is 0. The summed E-state index contributed by atoms with van der Waals surface area (Å²) in [5.41, 5.74) is 0. The smallest absolute Gasteiger partial charge is 0.278 e. The minimum atomic E-state index is -3.29. The number of rotatable bonds is 4. The molecule has 0 aromatic carbocycles. The third-order valence-corrected chi connectivity index (χ3v) is 4.02. The Kier molecular flexibility index (Phi) is 3.06. The Labute approximate surface area is 84.8 Å². The van der Waals surface area contributed by atoms with Gasteiger partial charge in [0.05, 0.1) is 6.17 Å². The average Bonchev–Trinajstić information content (AvgIpc) is 2.49. The van der Waals surface area contributed by atoms with Crippen LogP contribution in [0.1, 0.15) is 32.1 Å². The quantitative estimate of drug-likeness (QED) is 0.606. The predicted octanol–water partition coefficient (Wildman–Crippen LogP) is -0.328. The van der Waals surface area contributed by atoms with Gasteiger partial charge in [-0.2, -0.15) is 17.9 Å². The van der Waals surface area contributed by atoms with Gasteiger partial charge in [0.15, 0.2) is 0 Å². The van der Waals surface area contributed by atoms with E-state index >= 15 is 0 Å². The van der Waals surface area contributed by atoms with Gasteiger partial charge < -0.3 is 5.32 Å². The molecule has 2 rings (SSSR count). The maximum atomic E-state index is 11.5. The van der Waals surface area contributed by atoms with Crippen LogP contribution in [0.15, 0.2) is 0 Å². The summed E-state index contributed by atoms with van der Waals surface area (Å²) in [5.74, 6) is 0. The van der Waals surface area contributed by atoms with E-state index in [9.17, 15) is 8.42 Å². The Morgan fingerprint density at radius 2 is 1.86 bits per heavy atom. The zero-order valence-electron chi connectivity index (χ0n) is 8.12. The van der Waals surface area contributed by atoms with Gasteiger partial charge in [0.2, 0.25) is 0 Å². The van der Waals surface area contributed by atoms with Crippen molar-refractivity contribution in [1.29, 1.82) is 0 Å². The largest absolute Gasteiger partial charge is 0.301 e. The third-order valence-electron chi connectivity index (χ3n) is 2.78. The summed E-state index contributed by atoms with van der Waals surface area (Å²) in [6.45, 7) is 0.899. The van der Waals surface area contributed by atoms with Crippen LogP contribution < -0.4 is 14.8 Å². The molecule has 1 atom stereocenters. The highest BCUT2D eigenvalue weighted by Crippen LogP contribution is 2.18. The first-order chi connectivity index (χ1) is 6.66. The monoisotopic (exact) mass is 219 g/mol. The van der Waals surface area contributed by atoms with Crippen molar-refractivity contribution in [3.63, 3.8) is 0 Å². The van der Waals surface area contributed by atoms with Crippen molar-refractivity contribution < 1.29 is 8.42 Å². The number of hydrogen-bond acceptors (Lipinski definition) is 3. The van der Waals surface area contributed by atoms with Gasteiger partial charge in [-0.1, -0.05) is 6.42 Å². The Morgan fingerprint density at radius 1 is 1.07 bits per heavy atom. The highest BCUT2D eigenvalue weighted by Gasteiger charge is 2.26. The zero-order chi connectivity index (χ0) is 10.0. The molecule has 5 nitrogen and oxygen atoms in total. The van der Waals surface area contributed by atoms with Crippen LogP contribution >= 0.6 is 0 Å². The lowest BCUT2D eigenvalue weighted by Gasteiger charge is -2.26. The normalized spacial score (nSPS) is 29.0. The van der Waals surface area contributed by atoms with Crippen molar-refractivity contribution >= 4 is 10.2 Å². The van der Waals surface area contributed by atoms with E-state index in [-0.39, 0.29) is 12.2 Å². The van der Waals surface area contributed by atoms with Gasteiger partial charge >= 0.3 is 0 Å². The Morgan fingerprint density at radius 3 is 2.36 bits per heavy atom. The second kappa shape index (κ2) is 4.14. The lowest BCUT2D eigenvalue weighted by molar-refractivity contribution is 0.379. The molecule has 0 radical (unpaired) electrons. The molecule has 1 heterocycles. The third kappa shape index (κ3) is 2.66. The van der Waals surface area contributed by atoms with Crippen LogP contribution in [0.3, 0.4) is 0 Å². The molecular formula is C8H17N3O2S. The topological polar surface area (TPSA) is 70.2 Å². The molecule has 0 bridgehead atoms. The Bertz CT molecular complexity index is 281. The number of hydrogen-bond donors (Lipinski definition) is 3. The molecule has 0 aromatic rings. The van der Waals surface area contributed by atoms with E-state index in [1.807, 2.05) is 0 Å². The summed E-state index contributed by atoms with van der Waals surface area (Å²) >= 11 is 0. The van der Waals surface area contributed by atoms with Crippen LogP contribution in [0.4, 0.5) is 0 Å². The first-order valence-corrected chi connectivity index (χ1v) is 6.67. The first kappa shape index (κ1) is 10.4. The van der Waals surface area contributed by atoms with Gasteiger partial charge in [0.1, 0.15) is 0 Å². The van der Waals surface area contributed by atoms with Crippen LogP contribution in [0.5, 0.6) is 0 Å². The maximum absolute atomic E-state index is 11.5. The van der Waals surface area contributed by atoms with Crippen molar-refractivity contribution in [2.75, 3.05) is 6.54 Å². The van der Waals surface area contributed by atoms with E-state index in [0.29, 0.717) is 0 Å². The van der Waals surface area contributed by atoms with Gasteiger partial charge in [-0.3, -0.25) is 0 Å². The van der Waals surface area contributed by atoms with E-state index in [0.717, 1.165) is 38.6 Å². The van der Waals surface area contributed by atoms with E-state index in [4.69, 9.17) is 0 Å². The Balaban J connectivity index is 1.81. The molecule has 3 N–H and O–H groups in total. The second-order valence-corrected chi connectivity index (χ2v) is 5.49. The van der Waals surface area contributed by atoms with Crippen molar-refractivity contribution in [2.24, 2.45) is 0 Å². The first-order valence-electron chi connectivity index (χ1n) is 5.19. The second-order valence-electron chi connectivity index (χ2n) is 4.02. The van der Waals surface area contributed by atoms with E-state index in [1.165, 1.54) is 0 Å². The molecule has 0 aromatic heterocycles. The Hall–Kier alpha value is -0.170. The molecule has 0 amide bonds. The summed E-state index contributed by atoms with van der Waals surface area (Å²) in [6.07, 6.45) is 4.92. The molecule has 82 valence electrons. The van der Waals surface area contributed by atoms with Gasteiger partial charge in [0.25, 0.3) is 10.2 Å². The fraction of sp³-hybridized carbons (Fsp3) is 1.00. The predicted molar refractivity (Wildman–Crippen MR) is 53.9 cm³/mol. The van der Waals surface area contributed by atoms with Crippen molar-refractivity contribution in [3.8, 4) is 0 Å². The highest BCUT2D eigenvalue weighted by atomic mass is 32.2. The average molecular weight is 219 g/mol. The standard InChI is InChI=1S/C8H17N3O2S/c12-14(13,10-7-3-1-4-7)11-8-5-2-6-9-8/h7-11H,1-6H2. The summed E-state index contributed by atoms with van der Waals surface area (Å²) in [7, 11) is -3.29. The fourth-order valence-electron chi connectivity index (χ4n) is 1.75. The lowest BCUT2D eigenvalue weighted by Crippen LogP contribution is -2.51. The van der Waals surface area contributed by atoms with Gasteiger partial charge in [0, 0.05) is 6.04 Å². The zero-order valence-corrected chi connectivity index (χ0v) is 8.94. The van der Waals surface area contributed by atoms with E-state index in [2.05, 4.69) is 14.8 Å². The van der Waals surface area contributed by atoms with Gasteiger partial charge in [-0.15, -0.1) is 0 Å². The molecule has 1 saturated heterocycles. The maximum Gasteiger partial charge on any atom is 0.278 e. The molecule has 2 fully saturated rings. The van der Waals surface area contributed by atoms with Crippen molar-refractivity contribution in [1.82, 2.24) is 14.8 Å². The van der Waals surface area contributed by atoms with Gasteiger partial charge in [-0.05, 0) is 32.2 Å². The molecule has 0 spiro atoms. The van der Waals surface area contributed by atoms with Crippen LogP contribution in [-0.2, 0) is 10.2 Å². The van der Waals surface area contributed by atoms with Crippen molar-refractivity contribution in [3.05, 3.63) is 0 Å². The minimum absolute atomic E-state index is 0.0763. The SMILES string of the molecule is O=S(=O)(NC1CCC1)NC1CCCN1. The van der Waals surface area contributed by atoms with Crippen LogP contribution in [0, 0.1) is 0 Å². The number of nitrogens with one attached hydrogen (secondary N) is 3. The molecular weight excluding hydrogens is 202 g/mol. The summed E-state index contributed by atoms with van der Waals surface area (Å²) in [6, 6.07) is 0.161.